The third kappa shape index (κ3) is 5.56. The van der Waals surface area contributed by atoms with Gasteiger partial charge >= 0.3 is 6.09 Å². The minimum Gasteiger partial charge on any atom is -0.488 e. The number of benzene rings is 3. The quantitative estimate of drug-likeness (QED) is 0.401. The average molecular weight is 562 g/mol. The Labute approximate surface area is 235 Å². The van der Waals surface area contributed by atoms with E-state index in [2.05, 4.69) is 5.32 Å². The normalized spacial score (nSPS) is 16.4. The topological polar surface area (TPSA) is 114 Å². The first kappa shape index (κ1) is 27.6. The van der Waals surface area contributed by atoms with E-state index in [0.717, 1.165) is 0 Å². The number of carbonyl (C=O) groups excluding carboxylic acids is 4. The van der Waals surface area contributed by atoms with Crippen molar-refractivity contribution in [3.05, 3.63) is 77.6 Å². The van der Waals surface area contributed by atoms with Crippen LogP contribution in [0, 0.1) is 5.82 Å². The second-order valence-corrected chi connectivity index (χ2v) is 9.87. The molecule has 10 nitrogen and oxygen atoms in total. The predicted molar refractivity (Wildman–Crippen MR) is 146 cm³/mol. The largest absolute Gasteiger partial charge is 0.488 e. The minimum absolute atomic E-state index is 0.133. The Morgan fingerprint density at radius 1 is 1.00 bits per heavy atom. The van der Waals surface area contributed by atoms with Gasteiger partial charge < -0.3 is 19.1 Å². The highest BCUT2D eigenvalue weighted by atomic mass is 19.1. The maximum Gasteiger partial charge on any atom is 0.418 e. The first-order chi connectivity index (χ1) is 19.7. The molecule has 3 aromatic rings. The molecular weight excluding hydrogens is 533 g/mol. The number of anilines is 2. The fraction of sp³-hybridized carbons (Fsp3) is 0.267. The maximum atomic E-state index is 13.7. The standard InChI is InChI=1S/C30H28FN3O7/c1-17(2)40-27-23(13-4-18-16-33(29(37)26(18)27)24-14-15-25(35)32-28(24)36)34(30(38)39-3)20-7-11-22(12-8-20)41-21-9-5-19(31)6-10-21/h4-13,17,24H,14-16H2,1-3H3,(H,32,35,36). The summed E-state index contributed by atoms with van der Waals surface area (Å²) in [5.41, 5.74) is 1.55. The number of methoxy groups -OCH3 is 1. The van der Waals surface area contributed by atoms with E-state index in [1.807, 2.05) is 0 Å². The van der Waals surface area contributed by atoms with E-state index < -0.39 is 23.9 Å². The lowest BCUT2D eigenvalue weighted by Crippen LogP contribution is -2.52. The number of rotatable bonds is 7. The summed E-state index contributed by atoms with van der Waals surface area (Å²) in [7, 11) is 1.24. The summed E-state index contributed by atoms with van der Waals surface area (Å²) in [5, 5.41) is 2.30. The maximum absolute atomic E-state index is 13.7. The second kappa shape index (κ2) is 11.3. The lowest BCUT2D eigenvalue weighted by Gasteiger charge is -2.29. The van der Waals surface area contributed by atoms with Crippen molar-refractivity contribution < 1.29 is 37.8 Å². The Morgan fingerprint density at radius 2 is 1.66 bits per heavy atom. The number of hydrogen-bond acceptors (Lipinski definition) is 7. The summed E-state index contributed by atoms with van der Waals surface area (Å²) in [4.78, 5) is 53.8. The molecular formula is C30H28FN3O7. The summed E-state index contributed by atoms with van der Waals surface area (Å²) >= 11 is 0. The monoisotopic (exact) mass is 561 g/mol. The Bertz CT molecular complexity index is 1510. The van der Waals surface area contributed by atoms with Crippen molar-refractivity contribution >= 4 is 35.2 Å². The third-order valence-electron chi connectivity index (χ3n) is 6.72. The van der Waals surface area contributed by atoms with Crippen LogP contribution in [-0.2, 0) is 20.9 Å². The predicted octanol–water partition coefficient (Wildman–Crippen LogP) is 5.07. The van der Waals surface area contributed by atoms with Gasteiger partial charge in [-0.05, 0) is 80.4 Å². The molecule has 5 rings (SSSR count). The van der Waals surface area contributed by atoms with Gasteiger partial charge in [0.1, 0.15) is 23.4 Å². The molecule has 0 saturated carbocycles. The molecule has 0 aromatic heterocycles. The molecule has 0 bridgehead atoms. The van der Waals surface area contributed by atoms with Crippen LogP contribution in [0.3, 0.4) is 0 Å². The van der Waals surface area contributed by atoms with Crippen LogP contribution in [0.2, 0.25) is 0 Å². The van der Waals surface area contributed by atoms with E-state index in [1.54, 1.807) is 50.2 Å². The van der Waals surface area contributed by atoms with Gasteiger partial charge in [0.2, 0.25) is 11.8 Å². The molecule has 3 aromatic carbocycles. The Balaban J connectivity index is 1.51. The molecule has 2 aliphatic rings. The molecule has 1 fully saturated rings. The number of imide groups is 1. The highest BCUT2D eigenvalue weighted by molar-refractivity contribution is 6.09. The lowest BCUT2D eigenvalue weighted by atomic mass is 10.0. The van der Waals surface area contributed by atoms with Crippen LogP contribution in [0.5, 0.6) is 17.2 Å². The third-order valence-corrected chi connectivity index (χ3v) is 6.72. The summed E-state index contributed by atoms with van der Waals surface area (Å²) < 4.78 is 30.2. The molecule has 0 spiro atoms. The van der Waals surface area contributed by atoms with Crippen LogP contribution in [0.25, 0.3) is 0 Å². The SMILES string of the molecule is COC(=O)N(c1ccc(Oc2ccc(F)cc2)cc1)c1ccc2c(c1OC(C)C)C(=O)N(C1CCC(=O)NC1=O)C2. The van der Waals surface area contributed by atoms with Crippen LogP contribution >= 0.6 is 0 Å². The van der Waals surface area contributed by atoms with Crippen LogP contribution in [-0.4, -0.2) is 48.0 Å². The number of fused-ring (bicyclic) bond motifs is 1. The van der Waals surface area contributed by atoms with Crippen LogP contribution in [0.15, 0.2) is 60.7 Å². The number of amides is 4. The summed E-state index contributed by atoms with van der Waals surface area (Å²) in [6.07, 6.45) is -0.728. The Kier molecular flexibility index (Phi) is 7.60. The number of carbonyl (C=O) groups is 4. The molecule has 2 aliphatic heterocycles. The van der Waals surface area contributed by atoms with Gasteiger partial charge in [0, 0.05) is 13.0 Å². The number of hydrogen-bond donors (Lipinski definition) is 1. The van der Waals surface area contributed by atoms with E-state index in [1.165, 1.54) is 41.2 Å². The van der Waals surface area contributed by atoms with Gasteiger partial charge in [0.05, 0.1) is 30.2 Å². The van der Waals surface area contributed by atoms with E-state index >= 15 is 0 Å². The molecule has 1 atom stereocenters. The molecule has 0 radical (unpaired) electrons. The number of nitrogens with zero attached hydrogens (tertiary/aromatic N) is 2. The molecule has 1 unspecified atom stereocenters. The zero-order valence-electron chi connectivity index (χ0n) is 22.7. The molecule has 0 aliphatic carbocycles. The Hall–Kier alpha value is -4.93. The molecule has 11 heteroatoms. The van der Waals surface area contributed by atoms with Gasteiger partial charge in [-0.3, -0.25) is 19.7 Å². The van der Waals surface area contributed by atoms with Gasteiger partial charge in [0.25, 0.3) is 5.91 Å². The highest BCUT2D eigenvalue weighted by Crippen LogP contribution is 2.43. The van der Waals surface area contributed by atoms with Gasteiger partial charge in [-0.2, -0.15) is 0 Å². The molecule has 212 valence electrons. The van der Waals surface area contributed by atoms with Gasteiger partial charge in [-0.25, -0.2) is 14.1 Å². The zero-order valence-corrected chi connectivity index (χ0v) is 22.7. The smallest absolute Gasteiger partial charge is 0.418 e. The van der Waals surface area contributed by atoms with Crippen molar-refractivity contribution in [2.45, 2.75) is 45.4 Å². The average Bonchev–Trinajstić information content (AvgIpc) is 3.28. The molecule has 4 amide bonds. The van der Waals surface area contributed by atoms with Crippen molar-refractivity contribution in [1.29, 1.82) is 0 Å². The first-order valence-corrected chi connectivity index (χ1v) is 13.0. The van der Waals surface area contributed by atoms with Gasteiger partial charge in [-0.1, -0.05) is 6.07 Å². The van der Waals surface area contributed by atoms with Gasteiger partial charge in [-0.15, -0.1) is 0 Å². The van der Waals surface area contributed by atoms with Crippen molar-refractivity contribution in [2.24, 2.45) is 0 Å². The van der Waals surface area contributed by atoms with Crippen molar-refractivity contribution in [1.82, 2.24) is 10.2 Å². The second-order valence-electron chi connectivity index (χ2n) is 9.87. The summed E-state index contributed by atoms with van der Waals surface area (Å²) in [6, 6.07) is 14.7. The van der Waals surface area contributed by atoms with Crippen molar-refractivity contribution in [3.8, 4) is 17.2 Å². The molecule has 41 heavy (non-hydrogen) atoms. The fourth-order valence-corrected chi connectivity index (χ4v) is 4.88. The number of nitrogens with one attached hydrogen (secondary N) is 1. The molecule has 1 N–H and O–H groups in total. The number of ether oxygens (including phenoxy) is 3. The van der Waals surface area contributed by atoms with E-state index in [0.29, 0.717) is 22.7 Å². The van der Waals surface area contributed by atoms with Crippen LogP contribution < -0.4 is 19.7 Å². The molecule has 1 saturated heterocycles. The Morgan fingerprint density at radius 3 is 2.27 bits per heavy atom. The minimum atomic E-state index is -0.798. The number of piperidine rings is 1. The fourth-order valence-electron chi connectivity index (χ4n) is 4.88. The highest BCUT2D eigenvalue weighted by Gasteiger charge is 2.42. The van der Waals surface area contributed by atoms with E-state index in [-0.39, 0.29) is 54.2 Å². The van der Waals surface area contributed by atoms with Crippen molar-refractivity contribution in [2.75, 3.05) is 12.0 Å². The van der Waals surface area contributed by atoms with E-state index in [4.69, 9.17) is 14.2 Å². The zero-order chi connectivity index (χ0) is 29.3. The van der Waals surface area contributed by atoms with Crippen molar-refractivity contribution in [3.63, 3.8) is 0 Å². The van der Waals surface area contributed by atoms with Gasteiger partial charge in [0.15, 0.2) is 5.75 Å². The van der Waals surface area contributed by atoms with Crippen LogP contribution in [0.4, 0.5) is 20.6 Å². The summed E-state index contributed by atoms with van der Waals surface area (Å²) in [6.45, 7) is 3.75. The molecule has 2 heterocycles. The van der Waals surface area contributed by atoms with E-state index in [9.17, 15) is 23.6 Å². The number of halogens is 1. The first-order valence-electron chi connectivity index (χ1n) is 13.0. The van der Waals surface area contributed by atoms with Crippen LogP contribution in [0.1, 0.15) is 42.6 Å². The lowest BCUT2D eigenvalue weighted by molar-refractivity contribution is -0.136. The summed E-state index contributed by atoms with van der Waals surface area (Å²) in [5.74, 6) is -0.636.